The van der Waals surface area contributed by atoms with Gasteiger partial charge in [0.05, 0.1) is 5.56 Å². The lowest BCUT2D eigenvalue weighted by Crippen LogP contribution is -2.34. The van der Waals surface area contributed by atoms with Gasteiger partial charge in [-0.05, 0) is 113 Å². The Morgan fingerprint density at radius 1 is 1.06 bits per heavy atom. The summed E-state index contributed by atoms with van der Waals surface area (Å²) in [6.07, 6.45) is 13.5. The van der Waals surface area contributed by atoms with Gasteiger partial charge in [-0.2, -0.15) is 0 Å². The lowest BCUT2D eigenvalue weighted by Gasteiger charge is -2.36. The topological polar surface area (TPSA) is 38.8 Å². The zero-order chi connectivity index (χ0) is 25.7. The van der Waals surface area contributed by atoms with Gasteiger partial charge in [0.1, 0.15) is 17.1 Å². The predicted octanol–water partition coefficient (Wildman–Crippen LogP) is 8.29. The number of carbonyl (C=O) groups is 1. The molecular weight excluding hydrogens is 446 g/mol. The summed E-state index contributed by atoms with van der Waals surface area (Å²) in [6, 6.07) is 4.40. The summed E-state index contributed by atoms with van der Waals surface area (Å²) in [5.74, 6) is 2.47. The fraction of sp³-hybridized carbons (Fsp3) is 0.719. The summed E-state index contributed by atoms with van der Waals surface area (Å²) < 4.78 is 12.8. The van der Waals surface area contributed by atoms with Gasteiger partial charge in [-0.25, -0.2) is 0 Å². The molecule has 0 bridgehead atoms. The highest BCUT2D eigenvalue weighted by Crippen LogP contribution is 2.52. The molecule has 36 heavy (non-hydrogen) atoms. The lowest BCUT2D eigenvalue weighted by atomic mass is 9.82. The monoisotopic (exact) mass is 495 g/mol. The van der Waals surface area contributed by atoms with E-state index in [9.17, 15) is 4.79 Å². The van der Waals surface area contributed by atoms with Crippen LogP contribution in [0.25, 0.3) is 5.57 Å². The minimum Gasteiger partial charge on any atom is -0.483 e. The Kier molecular flexibility index (Phi) is 9.19. The number of unbranched alkanes of at least 4 members (excludes halogenated alkanes) is 2. The number of rotatable bonds is 11. The molecular formula is C32H49NO3. The van der Waals surface area contributed by atoms with Crippen molar-refractivity contribution in [2.75, 3.05) is 19.6 Å². The Balaban J connectivity index is 1.55. The average molecular weight is 496 g/mol. The molecule has 1 aromatic carbocycles. The molecule has 1 fully saturated rings. The van der Waals surface area contributed by atoms with Gasteiger partial charge in [0, 0.05) is 6.42 Å². The van der Waals surface area contributed by atoms with Crippen LogP contribution in [0.1, 0.15) is 129 Å². The van der Waals surface area contributed by atoms with Gasteiger partial charge in [-0.1, -0.05) is 52.9 Å². The molecule has 2 heterocycles. The number of fused-ring (bicyclic) bond motifs is 2. The van der Waals surface area contributed by atoms with Crippen LogP contribution in [0.3, 0.4) is 0 Å². The van der Waals surface area contributed by atoms with Crippen molar-refractivity contribution in [3.8, 4) is 11.5 Å². The highest BCUT2D eigenvalue weighted by molar-refractivity contribution is 5.84. The van der Waals surface area contributed by atoms with Crippen LogP contribution < -0.4 is 9.47 Å². The van der Waals surface area contributed by atoms with Crippen molar-refractivity contribution < 1.29 is 14.3 Å². The Bertz CT molecular complexity index is 941. The maximum absolute atomic E-state index is 13.1. The summed E-state index contributed by atoms with van der Waals surface area (Å²) >= 11 is 0. The summed E-state index contributed by atoms with van der Waals surface area (Å²) in [4.78, 5) is 15.5. The smallest absolute Gasteiger partial charge is 0.311 e. The zero-order valence-electron chi connectivity index (χ0n) is 23.6. The molecule has 0 amide bonds. The standard InChI is InChI=1S/C32H49NO3/c1-6-7-9-14-23(2)24(3)25-21-28(35-30(34)17-13-20-33-18-10-8-11-19-33)31-26-15-12-16-27(26)32(4,5)36-29(31)22-25/h21-24H,6-20H2,1-5H3. The molecule has 2 atom stereocenters. The summed E-state index contributed by atoms with van der Waals surface area (Å²) in [7, 11) is 0. The molecule has 3 aliphatic rings. The molecule has 2 unspecified atom stereocenters. The van der Waals surface area contributed by atoms with Crippen LogP contribution in [-0.4, -0.2) is 36.1 Å². The second-order valence-electron chi connectivity index (χ2n) is 12.1. The van der Waals surface area contributed by atoms with E-state index < -0.39 is 0 Å². The first-order chi connectivity index (χ1) is 17.3. The molecule has 4 rings (SSSR count). The molecule has 0 spiro atoms. The number of piperidine rings is 1. The highest BCUT2D eigenvalue weighted by Gasteiger charge is 2.39. The van der Waals surface area contributed by atoms with Crippen molar-refractivity contribution in [1.29, 1.82) is 0 Å². The van der Waals surface area contributed by atoms with Gasteiger partial charge >= 0.3 is 5.97 Å². The summed E-state index contributed by atoms with van der Waals surface area (Å²) in [5.41, 5.74) is 4.70. The van der Waals surface area contributed by atoms with Crippen LogP contribution >= 0.6 is 0 Å². The van der Waals surface area contributed by atoms with Crippen LogP contribution in [0.5, 0.6) is 11.5 Å². The van der Waals surface area contributed by atoms with Crippen LogP contribution in [0.15, 0.2) is 17.7 Å². The van der Waals surface area contributed by atoms with Crippen molar-refractivity contribution in [2.45, 2.75) is 123 Å². The maximum atomic E-state index is 13.1. The number of ether oxygens (including phenoxy) is 2. The lowest BCUT2D eigenvalue weighted by molar-refractivity contribution is -0.134. The molecule has 200 valence electrons. The van der Waals surface area contributed by atoms with Crippen LogP contribution in [0.2, 0.25) is 0 Å². The first-order valence-electron chi connectivity index (χ1n) is 14.8. The van der Waals surface area contributed by atoms with E-state index in [-0.39, 0.29) is 11.6 Å². The Hall–Kier alpha value is -1.81. The van der Waals surface area contributed by atoms with E-state index in [4.69, 9.17) is 9.47 Å². The van der Waals surface area contributed by atoms with E-state index in [0.717, 1.165) is 49.3 Å². The number of nitrogens with zero attached hydrogens (tertiary/aromatic N) is 1. The molecule has 0 saturated carbocycles. The fourth-order valence-electron chi connectivity index (χ4n) is 6.45. The Morgan fingerprint density at radius 3 is 2.58 bits per heavy atom. The minimum atomic E-state index is -0.302. The van der Waals surface area contributed by atoms with Crippen molar-refractivity contribution in [1.82, 2.24) is 4.90 Å². The molecule has 0 radical (unpaired) electrons. The molecule has 0 N–H and O–H groups in total. The first-order valence-corrected chi connectivity index (χ1v) is 14.8. The molecule has 2 aliphatic heterocycles. The fourth-order valence-corrected chi connectivity index (χ4v) is 6.45. The van der Waals surface area contributed by atoms with Gasteiger partial charge in [-0.15, -0.1) is 0 Å². The second kappa shape index (κ2) is 12.2. The minimum absolute atomic E-state index is 0.111. The molecule has 1 aliphatic carbocycles. The predicted molar refractivity (Wildman–Crippen MR) is 149 cm³/mol. The number of carbonyl (C=O) groups excluding carboxylic acids is 1. The van der Waals surface area contributed by atoms with Gasteiger partial charge < -0.3 is 14.4 Å². The van der Waals surface area contributed by atoms with Gasteiger partial charge in [0.2, 0.25) is 0 Å². The number of allylic oxidation sites excluding steroid dienone is 1. The normalized spacial score (nSPS) is 20.9. The number of hydrogen-bond acceptors (Lipinski definition) is 4. The average Bonchev–Trinajstić information content (AvgIpc) is 3.35. The zero-order valence-corrected chi connectivity index (χ0v) is 23.6. The number of benzene rings is 1. The molecule has 4 nitrogen and oxygen atoms in total. The Morgan fingerprint density at radius 2 is 1.83 bits per heavy atom. The van der Waals surface area contributed by atoms with E-state index in [1.165, 1.54) is 74.7 Å². The quantitative estimate of drug-likeness (QED) is 0.176. The largest absolute Gasteiger partial charge is 0.483 e. The third kappa shape index (κ3) is 6.36. The highest BCUT2D eigenvalue weighted by atomic mass is 16.5. The van der Waals surface area contributed by atoms with Gasteiger partial charge in [0.25, 0.3) is 0 Å². The van der Waals surface area contributed by atoms with Crippen molar-refractivity contribution in [3.63, 3.8) is 0 Å². The van der Waals surface area contributed by atoms with Crippen molar-refractivity contribution in [3.05, 3.63) is 28.8 Å². The number of likely N-dealkylation sites (tertiary alicyclic amines) is 1. The number of hydrogen-bond donors (Lipinski definition) is 0. The first kappa shape index (κ1) is 27.2. The van der Waals surface area contributed by atoms with E-state index in [0.29, 0.717) is 18.3 Å². The Labute approximate surface area is 219 Å². The number of esters is 1. The van der Waals surface area contributed by atoms with Gasteiger partial charge in [0.15, 0.2) is 0 Å². The van der Waals surface area contributed by atoms with Crippen LogP contribution in [0.4, 0.5) is 0 Å². The third-order valence-corrected chi connectivity index (χ3v) is 8.87. The SMILES string of the molecule is CCCCCC(C)C(C)c1cc(OC(=O)CCCN2CCCCC2)c2c(c1)OC(C)(C)C1=C2CCC1. The van der Waals surface area contributed by atoms with Crippen LogP contribution in [-0.2, 0) is 4.79 Å². The summed E-state index contributed by atoms with van der Waals surface area (Å²) in [6.45, 7) is 14.6. The third-order valence-electron chi connectivity index (χ3n) is 8.87. The van der Waals surface area contributed by atoms with Crippen LogP contribution in [0, 0.1) is 5.92 Å². The molecule has 1 saturated heterocycles. The van der Waals surface area contributed by atoms with Crippen molar-refractivity contribution in [2.24, 2.45) is 5.92 Å². The van der Waals surface area contributed by atoms with E-state index >= 15 is 0 Å². The molecule has 4 heteroatoms. The van der Waals surface area contributed by atoms with E-state index in [2.05, 4.69) is 51.7 Å². The van der Waals surface area contributed by atoms with E-state index in [1.54, 1.807) is 0 Å². The van der Waals surface area contributed by atoms with Crippen molar-refractivity contribution >= 4 is 11.5 Å². The van der Waals surface area contributed by atoms with Gasteiger partial charge in [-0.3, -0.25) is 4.79 Å². The molecule has 1 aromatic rings. The van der Waals surface area contributed by atoms with E-state index in [1.807, 2.05) is 0 Å². The molecule has 0 aromatic heterocycles. The maximum Gasteiger partial charge on any atom is 0.311 e. The second-order valence-corrected chi connectivity index (χ2v) is 12.1. The summed E-state index contributed by atoms with van der Waals surface area (Å²) in [5, 5.41) is 0.